The molecule has 0 fully saturated rings. The number of fused-ring (bicyclic) bond motifs is 3. The van der Waals surface area contributed by atoms with Crippen LogP contribution in [0.25, 0.3) is 21.5 Å². The van der Waals surface area contributed by atoms with Crippen molar-refractivity contribution in [3.8, 4) is 0 Å². The van der Waals surface area contributed by atoms with E-state index in [0.717, 1.165) is 56.6 Å². The normalized spacial score (nSPS) is 20.9. The highest BCUT2D eigenvalue weighted by atomic mass is 32.2. The number of amides is 1. The van der Waals surface area contributed by atoms with E-state index < -0.39 is 28.4 Å². The minimum absolute atomic E-state index is 0.343. The molecule has 1 unspecified atom stereocenters. The average Bonchev–Trinajstić information content (AvgIpc) is 2.81. The molecule has 1 atom stereocenters. The Morgan fingerprint density at radius 1 is 0.844 bits per heavy atom. The lowest BCUT2D eigenvalue weighted by molar-refractivity contribution is 0.118. The van der Waals surface area contributed by atoms with E-state index in [1.807, 2.05) is 24.3 Å². The molecule has 7 rings (SSSR count). The molecule has 0 saturated carbocycles. The van der Waals surface area contributed by atoms with Crippen LogP contribution < -0.4 is 0 Å². The maximum Gasteiger partial charge on any atom is 0.422 e. The van der Waals surface area contributed by atoms with E-state index >= 15 is 0 Å². The molecule has 4 aromatic rings. The first-order chi connectivity index (χ1) is 15.7. The van der Waals surface area contributed by atoms with Crippen LogP contribution in [-0.2, 0) is 15.7 Å². The predicted molar refractivity (Wildman–Crippen MR) is 128 cm³/mol. The van der Waals surface area contributed by atoms with Gasteiger partial charge < -0.3 is 4.74 Å². The third-order valence-electron chi connectivity index (χ3n) is 6.59. The van der Waals surface area contributed by atoms with Gasteiger partial charge in [-0.2, -0.15) is 0 Å². The molecule has 4 aromatic carbocycles. The SMILES string of the molecule is CCCCOC(=O)N1C2c3cc4ccccc4cc3C(c3cc4ccccc4cc32)S1=O. The number of rotatable bonds is 3. The zero-order valence-corrected chi connectivity index (χ0v) is 18.6. The van der Waals surface area contributed by atoms with E-state index in [1.165, 1.54) is 4.31 Å². The topological polar surface area (TPSA) is 46.6 Å². The number of unbranched alkanes of at least 4 members (excludes halogenated alkanes) is 1. The fourth-order valence-electron chi connectivity index (χ4n) is 5.05. The Bertz CT molecular complexity index is 1330. The molecule has 4 nitrogen and oxygen atoms in total. The Balaban J connectivity index is 1.58. The molecule has 2 heterocycles. The number of hydrogen-bond acceptors (Lipinski definition) is 3. The second-order valence-corrected chi connectivity index (χ2v) is 9.93. The summed E-state index contributed by atoms with van der Waals surface area (Å²) >= 11 is 0. The van der Waals surface area contributed by atoms with Crippen LogP contribution in [0.4, 0.5) is 4.79 Å². The van der Waals surface area contributed by atoms with E-state index in [0.29, 0.717) is 6.61 Å². The van der Waals surface area contributed by atoms with Crippen LogP contribution in [0.1, 0.15) is 53.3 Å². The molecule has 0 aromatic heterocycles. The predicted octanol–water partition coefficient (Wildman–Crippen LogP) is 6.40. The number of benzene rings is 4. The van der Waals surface area contributed by atoms with Gasteiger partial charge in [0.1, 0.15) is 16.2 Å². The lowest BCUT2D eigenvalue weighted by Crippen LogP contribution is -2.47. The molecular formula is C27H23NO3S. The maximum atomic E-state index is 13.8. The lowest BCUT2D eigenvalue weighted by atomic mass is 9.79. The van der Waals surface area contributed by atoms with E-state index in [1.54, 1.807) is 0 Å². The molecule has 32 heavy (non-hydrogen) atoms. The van der Waals surface area contributed by atoms with Crippen LogP contribution >= 0.6 is 0 Å². The average molecular weight is 442 g/mol. The molecule has 0 N–H and O–H groups in total. The third kappa shape index (κ3) is 2.81. The summed E-state index contributed by atoms with van der Waals surface area (Å²) in [6, 6.07) is 24.6. The molecule has 3 aliphatic rings. The molecule has 1 amide bonds. The van der Waals surface area contributed by atoms with Gasteiger partial charge >= 0.3 is 6.09 Å². The molecule has 0 radical (unpaired) electrons. The van der Waals surface area contributed by atoms with Crippen molar-refractivity contribution in [1.29, 1.82) is 0 Å². The number of carbonyl (C=O) groups is 1. The van der Waals surface area contributed by atoms with Crippen molar-refractivity contribution < 1.29 is 13.7 Å². The summed E-state index contributed by atoms with van der Waals surface area (Å²) in [4.78, 5) is 13.1. The first kappa shape index (κ1) is 19.5. The van der Waals surface area contributed by atoms with Gasteiger partial charge in [-0.05, 0) is 74.5 Å². The number of ether oxygens (including phenoxy) is 1. The number of carbonyl (C=O) groups excluding carboxylic acids is 1. The Labute approximate surface area is 189 Å². The van der Waals surface area contributed by atoms with E-state index in [2.05, 4.69) is 55.5 Å². The van der Waals surface area contributed by atoms with Crippen molar-refractivity contribution in [2.24, 2.45) is 0 Å². The minimum Gasteiger partial charge on any atom is -0.449 e. The van der Waals surface area contributed by atoms with Crippen LogP contribution in [0, 0.1) is 0 Å². The monoisotopic (exact) mass is 441 g/mol. The standard InChI is InChI=1S/C27H23NO3S/c1-2-3-12-31-27(29)28-25-21-13-17-8-4-6-10-19(17)15-23(21)26(32(28)30)24-16-20-11-7-5-9-18(20)14-22(24)25/h4-11,13-16,25-26H,2-3,12H2,1H3. The summed E-state index contributed by atoms with van der Waals surface area (Å²) in [5.41, 5.74) is 4.19. The molecule has 2 aliphatic heterocycles. The molecule has 5 heteroatoms. The van der Waals surface area contributed by atoms with Crippen molar-refractivity contribution in [3.63, 3.8) is 0 Å². The molecule has 160 valence electrons. The molecule has 2 bridgehead atoms. The van der Waals surface area contributed by atoms with Crippen LogP contribution in [0.5, 0.6) is 0 Å². The Hall–Kier alpha value is -3.18. The zero-order valence-electron chi connectivity index (χ0n) is 17.8. The second-order valence-electron chi connectivity index (χ2n) is 8.51. The van der Waals surface area contributed by atoms with Crippen LogP contribution in [0.15, 0.2) is 72.8 Å². The summed E-state index contributed by atoms with van der Waals surface area (Å²) in [7, 11) is -1.55. The van der Waals surface area contributed by atoms with Gasteiger partial charge in [-0.3, -0.25) is 0 Å². The summed E-state index contributed by atoms with van der Waals surface area (Å²) in [6.07, 6.45) is 1.24. The molecule has 0 saturated heterocycles. The van der Waals surface area contributed by atoms with Gasteiger partial charge in [0.25, 0.3) is 0 Å². The first-order valence-electron chi connectivity index (χ1n) is 11.1. The lowest BCUT2D eigenvalue weighted by Gasteiger charge is -2.45. The maximum absolute atomic E-state index is 13.8. The second kappa shape index (κ2) is 7.45. The summed E-state index contributed by atoms with van der Waals surface area (Å²) in [6.45, 7) is 2.40. The molecular weight excluding hydrogens is 418 g/mol. The zero-order chi connectivity index (χ0) is 21.8. The Kier molecular flexibility index (Phi) is 4.54. The number of hydrogen-bond donors (Lipinski definition) is 0. The Morgan fingerprint density at radius 3 is 1.78 bits per heavy atom. The number of nitrogens with zero attached hydrogens (tertiary/aromatic N) is 1. The van der Waals surface area contributed by atoms with Crippen LogP contribution in [0.2, 0.25) is 0 Å². The van der Waals surface area contributed by atoms with Gasteiger partial charge in [-0.25, -0.2) is 13.3 Å². The van der Waals surface area contributed by atoms with Crippen LogP contribution in [-0.4, -0.2) is 21.2 Å². The Morgan fingerprint density at radius 2 is 1.31 bits per heavy atom. The van der Waals surface area contributed by atoms with Gasteiger partial charge in [0.05, 0.1) is 12.6 Å². The smallest absolute Gasteiger partial charge is 0.422 e. The quantitative estimate of drug-likeness (QED) is 0.346. The summed E-state index contributed by atoms with van der Waals surface area (Å²) in [5, 5.41) is 4.08. The summed E-state index contributed by atoms with van der Waals surface area (Å²) < 4.78 is 20.8. The minimum atomic E-state index is -1.55. The highest BCUT2D eigenvalue weighted by Gasteiger charge is 2.50. The van der Waals surface area contributed by atoms with Gasteiger partial charge in [0.15, 0.2) is 0 Å². The highest BCUT2D eigenvalue weighted by molar-refractivity contribution is 7.83. The van der Waals surface area contributed by atoms with Crippen molar-refractivity contribution in [1.82, 2.24) is 4.31 Å². The van der Waals surface area contributed by atoms with Gasteiger partial charge in [0.2, 0.25) is 0 Å². The van der Waals surface area contributed by atoms with Crippen molar-refractivity contribution in [2.75, 3.05) is 6.61 Å². The van der Waals surface area contributed by atoms with E-state index in [-0.39, 0.29) is 0 Å². The summed E-state index contributed by atoms with van der Waals surface area (Å²) in [5.74, 6) is 0. The van der Waals surface area contributed by atoms with Gasteiger partial charge in [-0.1, -0.05) is 61.9 Å². The first-order valence-corrected chi connectivity index (χ1v) is 12.3. The highest BCUT2D eigenvalue weighted by Crippen LogP contribution is 2.54. The van der Waals surface area contributed by atoms with Gasteiger partial charge in [0, 0.05) is 0 Å². The van der Waals surface area contributed by atoms with E-state index in [9.17, 15) is 9.00 Å². The molecule has 0 spiro atoms. The third-order valence-corrected chi connectivity index (χ3v) is 8.25. The fourth-order valence-corrected chi connectivity index (χ4v) is 6.75. The largest absolute Gasteiger partial charge is 0.449 e. The van der Waals surface area contributed by atoms with Crippen molar-refractivity contribution in [2.45, 2.75) is 31.1 Å². The van der Waals surface area contributed by atoms with Crippen LogP contribution in [0.3, 0.4) is 0 Å². The van der Waals surface area contributed by atoms with Crippen molar-refractivity contribution in [3.05, 3.63) is 95.1 Å². The molecule has 1 aliphatic carbocycles. The fraction of sp³-hybridized carbons (Fsp3) is 0.222. The van der Waals surface area contributed by atoms with Gasteiger partial charge in [-0.15, -0.1) is 0 Å². The van der Waals surface area contributed by atoms with Crippen molar-refractivity contribution >= 4 is 38.6 Å². The van der Waals surface area contributed by atoms with E-state index in [4.69, 9.17) is 4.74 Å².